The monoisotopic (exact) mass is 632 g/mol. The van der Waals surface area contributed by atoms with Crippen molar-refractivity contribution in [3.8, 4) is 39.6 Å². The minimum absolute atomic E-state index is 0.0294. The molecule has 8 nitrogen and oxygen atoms in total. The summed E-state index contributed by atoms with van der Waals surface area (Å²) in [5, 5.41) is 0. The van der Waals surface area contributed by atoms with Crippen molar-refractivity contribution in [1.29, 1.82) is 0 Å². The largest absolute Gasteiger partial charge is 0.481 e. The molecule has 0 saturated heterocycles. The highest BCUT2D eigenvalue weighted by Crippen LogP contribution is 2.36. The Labute approximate surface area is 269 Å². The number of pyridine rings is 4. The number of hydrogen-bond acceptors (Lipinski definition) is 7. The summed E-state index contributed by atoms with van der Waals surface area (Å²) in [5.41, 5.74) is 3.72. The molecule has 4 heterocycles. The summed E-state index contributed by atoms with van der Waals surface area (Å²) in [4.78, 5) is 40.3. The van der Waals surface area contributed by atoms with E-state index in [2.05, 4.69) is 15.0 Å². The molecule has 0 fully saturated rings. The zero-order valence-electron chi connectivity index (χ0n) is 26.1. The molecule has 47 heavy (non-hydrogen) atoms. The van der Waals surface area contributed by atoms with Gasteiger partial charge in [0.15, 0.2) is 28.5 Å². The lowest BCUT2D eigenvalue weighted by atomic mass is 9.97. The second-order valence-electron chi connectivity index (χ2n) is 11.3. The molecule has 2 aromatic carbocycles. The third-order valence-electron chi connectivity index (χ3n) is 7.87. The molecule has 6 aromatic rings. The summed E-state index contributed by atoms with van der Waals surface area (Å²) in [7, 11) is 1.50. The van der Waals surface area contributed by atoms with Gasteiger partial charge in [-0.05, 0) is 68.3 Å². The van der Waals surface area contributed by atoms with E-state index >= 15 is 4.39 Å². The van der Waals surface area contributed by atoms with Crippen LogP contribution in [0.4, 0.5) is 8.78 Å². The number of aromatic nitrogens is 4. The van der Waals surface area contributed by atoms with Gasteiger partial charge in [0.05, 0.1) is 18.2 Å². The zero-order valence-corrected chi connectivity index (χ0v) is 26.1. The minimum atomic E-state index is -0.699. The first kappa shape index (κ1) is 31.2. The van der Waals surface area contributed by atoms with Crippen molar-refractivity contribution in [3.63, 3.8) is 0 Å². The predicted molar refractivity (Wildman–Crippen MR) is 175 cm³/mol. The lowest BCUT2D eigenvalue weighted by molar-refractivity contribution is 0.0991. The van der Waals surface area contributed by atoms with Gasteiger partial charge in [-0.1, -0.05) is 24.3 Å². The van der Waals surface area contributed by atoms with Gasteiger partial charge in [0.2, 0.25) is 5.88 Å². The number of ether oxygens (including phenoxy) is 2. The van der Waals surface area contributed by atoms with Gasteiger partial charge in [-0.2, -0.15) is 0 Å². The first-order valence-corrected chi connectivity index (χ1v) is 14.9. The lowest BCUT2D eigenvalue weighted by Gasteiger charge is -2.20. The Bertz CT molecular complexity index is 2180. The predicted octanol–water partition coefficient (Wildman–Crippen LogP) is 7.91. The number of carbonyl (C=O) groups excluding carboxylic acids is 1. The molecule has 0 aliphatic heterocycles. The van der Waals surface area contributed by atoms with E-state index in [1.54, 1.807) is 49.8 Å². The average molecular weight is 633 g/mol. The highest BCUT2D eigenvalue weighted by Gasteiger charge is 2.22. The fourth-order valence-electron chi connectivity index (χ4n) is 5.55. The van der Waals surface area contributed by atoms with Crippen LogP contribution in [0.2, 0.25) is 0 Å². The van der Waals surface area contributed by atoms with Crippen LogP contribution < -0.4 is 14.9 Å². The third kappa shape index (κ3) is 6.22. The van der Waals surface area contributed by atoms with Crippen molar-refractivity contribution in [2.45, 2.75) is 33.2 Å². The number of methoxy groups -OCH3 is 1. The summed E-state index contributed by atoms with van der Waals surface area (Å²) in [5.74, 6) is -1.09. The number of carbonyl (C=O) groups is 1. The number of Topliss-reactive ketones (excluding diaryl/α,β-unsaturated/α-hetero) is 1. The number of nitrogens with zero attached hydrogens (tertiary/aromatic N) is 4. The smallest absolute Gasteiger partial charge is 0.221 e. The Kier molecular flexibility index (Phi) is 8.58. The van der Waals surface area contributed by atoms with E-state index in [9.17, 15) is 14.0 Å². The zero-order chi connectivity index (χ0) is 33.2. The van der Waals surface area contributed by atoms with Crippen LogP contribution in [0.5, 0.6) is 17.4 Å². The first-order valence-electron chi connectivity index (χ1n) is 14.9. The molecule has 0 bridgehead atoms. The Morgan fingerprint density at radius 3 is 2.43 bits per heavy atom. The topological polar surface area (TPSA) is 96.2 Å². The van der Waals surface area contributed by atoms with Gasteiger partial charge in [0, 0.05) is 65.7 Å². The number of halogens is 2. The van der Waals surface area contributed by atoms with Crippen molar-refractivity contribution in [2.24, 2.45) is 0 Å². The van der Waals surface area contributed by atoms with E-state index in [0.29, 0.717) is 44.9 Å². The summed E-state index contributed by atoms with van der Waals surface area (Å²) < 4.78 is 42.4. The van der Waals surface area contributed by atoms with Gasteiger partial charge >= 0.3 is 0 Å². The van der Waals surface area contributed by atoms with E-state index < -0.39 is 22.8 Å². The standard InChI is InChI=1S/C37H30F2N4O4/c1-21(2)43-20-28(36(45)34(22(43)3)24-8-10-26(38)11-9-24)31(44)17-23-7-12-32(29(39)16-23)47-33-13-15-41-30-18-27(25-6-5-14-40-19-25)37(46-4)42-35(30)33/h5-16,18-21H,17H2,1-4H3. The third-order valence-corrected chi connectivity index (χ3v) is 7.87. The molecule has 236 valence electrons. The maximum Gasteiger partial charge on any atom is 0.221 e. The normalized spacial score (nSPS) is 11.2. The maximum absolute atomic E-state index is 15.4. The Balaban J connectivity index is 1.29. The van der Waals surface area contributed by atoms with Crippen molar-refractivity contribution in [1.82, 2.24) is 19.5 Å². The van der Waals surface area contributed by atoms with Gasteiger partial charge in [-0.15, -0.1) is 0 Å². The number of fused-ring (bicyclic) bond motifs is 1. The summed E-state index contributed by atoms with van der Waals surface area (Å²) in [6.07, 6.45) is 6.22. The Morgan fingerprint density at radius 2 is 1.74 bits per heavy atom. The van der Waals surface area contributed by atoms with Gasteiger partial charge in [-0.3, -0.25) is 19.6 Å². The molecule has 0 atom stereocenters. The van der Waals surface area contributed by atoms with Crippen molar-refractivity contribution in [3.05, 3.63) is 130 Å². The number of benzene rings is 2. The number of ketones is 1. The van der Waals surface area contributed by atoms with Gasteiger partial charge in [-0.25, -0.2) is 13.8 Å². The van der Waals surface area contributed by atoms with Crippen LogP contribution in [0.15, 0.2) is 96.3 Å². The molecule has 6 rings (SSSR count). The molecule has 4 aromatic heterocycles. The lowest BCUT2D eigenvalue weighted by Crippen LogP contribution is -2.24. The van der Waals surface area contributed by atoms with Gasteiger partial charge in [0.1, 0.15) is 11.3 Å². The molecule has 10 heteroatoms. The fourth-order valence-corrected chi connectivity index (χ4v) is 5.55. The van der Waals surface area contributed by atoms with Crippen molar-refractivity contribution < 1.29 is 23.0 Å². The molecule has 0 aliphatic carbocycles. The summed E-state index contributed by atoms with van der Waals surface area (Å²) in [6, 6.07) is 16.8. The van der Waals surface area contributed by atoms with E-state index in [1.165, 1.54) is 49.7 Å². The average Bonchev–Trinajstić information content (AvgIpc) is 3.06. The van der Waals surface area contributed by atoms with Crippen LogP contribution >= 0.6 is 0 Å². The number of hydrogen-bond donors (Lipinski definition) is 0. The highest BCUT2D eigenvalue weighted by molar-refractivity contribution is 5.98. The first-order chi connectivity index (χ1) is 22.6. The minimum Gasteiger partial charge on any atom is -0.481 e. The molecule has 0 aliphatic rings. The fraction of sp³-hybridized carbons (Fsp3) is 0.162. The van der Waals surface area contributed by atoms with E-state index in [1.807, 2.05) is 24.5 Å². The van der Waals surface area contributed by atoms with E-state index in [-0.39, 0.29) is 29.5 Å². The van der Waals surface area contributed by atoms with E-state index in [0.717, 1.165) is 5.56 Å². The Hall–Kier alpha value is -5.77. The van der Waals surface area contributed by atoms with Crippen LogP contribution in [0.1, 0.15) is 41.5 Å². The second-order valence-corrected chi connectivity index (χ2v) is 11.3. The molecular formula is C37H30F2N4O4. The quantitative estimate of drug-likeness (QED) is 0.150. The summed E-state index contributed by atoms with van der Waals surface area (Å²) >= 11 is 0. The molecular weight excluding hydrogens is 602 g/mol. The van der Waals surface area contributed by atoms with Crippen LogP contribution in [-0.2, 0) is 6.42 Å². The molecule has 0 radical (unpaired) electrons. The second kappa shape index (κ2) is 12.9. The van der Waals surface area contributed by atoms with Crippen LogP contribution in [0.3, 0.4) is 0 Å². The molecule has 0 N–H and O–H groups in total. The molecule has 0 spiro atoms. The van der Waals surface area contributed by atoms with E-state index in [4.69, 9.17) is 9.47 Å². The molecule has 0 amide bonds. The summed E-state index contributed by atoms with van der Waals surface area (Å²) in [6.45, 7) is 5.66. The van der Waals surface area contributed by atoms with Crippen LogP contribution in [0, 0.1) is 18.6 Å². The van der Waals surface area contributed by atoms with Crippen LogP contribution in [0.25, 0.3) is 33.3 Å². The Morgan fingerprint density at radius 1 is 0.957 bits per heavy atom. The molecule has 0 saturated carbocycles. The highest BCUT2D eigenvalue weighted by atomic mass is 19.1. The number of rotatable bonds is 9. The van der Waals surface area contributed by atoms with Crippen LogP contribution in [-0.4, -0.2) is 32.4 Å². The molecule has 0 unspecified atom stereocenters. The SMILES string of the molecule is COc1nc2c(Oc3ccc(CC(=O)c4cn(C(C)C)c(C)c(-c5ccc(F)cc5)c4=O)cc3F)ccnc2cc1-c1cccnc1. The maximum atomic E-state index is 15.4. The van der Waals surface area contributed by atoms with Crippen molar-refractivity contribution >= 4 is 16.8 Å². The van der Waals surface area contributed by atoms with Gasteiger partial charge in [0.25, 0.3) is 0 Å². The van der Waals surface area contributed by atoms with Gasteiger partial charge < -0.3 is 14.0 Å². The van der Waals surface area contributed by atoms with Crippen molar-refractivity contribution in [2.75, 3.05) is 7.11 Å².